The number of amides is 1. The summed E-state index contributed by atoms with van der Waals surface area (Å²) in [7, 11) is 1.63. The molecule has 0 saturated carbocycles. The molecule has 0 heterocycles. The fourth-order valence-corrected chi connectivity index (χ4v) is 2.38. The van der Waals surface area contributed by atoms with E-state index in [1.54, 1.807) is 31.4 Å². The Morgan fingerprint density at radius 1 is 1.26 bits per heavy atom. The Bertz CT molecular complexity index is 465. The zero-order valence-corrected chi connectivity index (χ0v) is 15.2. The first-order valence-corrected chi connectivity index (χ1v) is 7.64. The number of ether oxygens (including phenoxy) is 2. The first kappa shape index (κ1) is 21.7. The molecule has 0 saturated heterocycles. The van der Waals surface area contributed by atoms with Crippen molar-refractivity contribution in [1.29, 1.82) is 0 Å². The molecule has 0 radical (unpaired) electrons. The van der Waals surface area contributed by atoms with Gasteiger partial charge in [0.15, 0.2) is 0 Å². The second-order valence-corrected chi connectivity index (χ2v) is 6.18. The van der Waals surface area contributed by atoms with Gasteiger partial charge in [0.1, 0.15) is 12.4 Å². The summed E-state index contributed by atoms with van der Waals surface area (Å²) in [6.45, 7) is 7.65. The van der Waals surface area contributed by atoms with E-state index < -0.39 is 0 Å². The van der Waals surface area contributed by atoms with E-state index in [4.69, 9.17) is 15.2 Å². The van der Waals surface area contributed by atoms with E-state index in [2.05, 4.69) is 19.2 Å². The van der Waals surface area contributed by atoms with Gasteiger partial charge in [0.25, 0.3) is 5.91 Å². The van der Waals surface area contributed by atoms with Crippen molar-refractivity contribution in [1.82, 2.24) is 5.32 Å². The van der Waals surface area contributed by atoms with Crippen molar-refractivity contribution in [3.63, 3.8) is 0 Å². The van der Waals surface area contributed by atoms with Crippen molar-refractivity contribution < 1.29 is 14.3 Å². The van der Waals surface area contributed by atoms with Crippen LogP contribution >= 0.6 is 12.4 Å². The highest BCUT2D eigenvalue weighted by Crippen LogP contribution is 2.17. The molecule has 6 heteroatoms. The Morgan fingerprint density at radius 2 is 1.87 bits per heavy atom. The average molecular weight is 345 g/mol. The van der Waals surface area contributed by atoms with Gasteiger partial charge in [-0.3, -0.25) is 4.79 Å². The fourth-order valence-electron chi connectivity index (χ4n) is 2.38. The van der Waals surface area contributed by atoms with Gasteiger partial charge in [-0.15, -0.1) is 12.4 Å². The molecule has 0 spiro atoms. The number of hydrogen-bond donors (Lipinski definition) is 2. The average Bonchev–Trinajstić information content (AvgIpc) is 2.47. The molecule has 0 aliphatic carbocycles. The highest BCUT2D eigenvalue weighted by atomic mass is 35.5. The molecule has 1 amide bonds. The van der Waals surface area contributed by atoms with Crippen LogP contribution in [0.3, 0.4) is 0 Å². The zero-order valence-electron chi connectivity index (χ0n) is 14.4. The maximum Gasteiger partial charge on any atom is 0.251 e. The summed E-state index contributed by atoms with van der Waals surface area (Å²) >= 11 is 0. The Morgan fingerprint density at radius 3 is 2.35 bits per heavy atom. The van der Waals surface area contributed by atoms with Gasteiger partial charge in [0.05, 0.1) is 6.61 Å². The van der Waals surface area contributed by atoms with Gasteiger partial charge in [-0.25, -0.2) is 0 Å². The van der Waals surface area contributed by atoms with Gasteiger partial charge in [-0.05, 0) is 43.5 Å². The smallest absolute Gasteiger partial charge is 0.251 e. The molecular weight excluding hydrogens is 316 g/mol. The van der Waals surface area contributed by atoms with Crippen LogP contribution in [0.5, 0.6) is 5.75 Å². The molecule has 0 aliphatic heterocycles. The highest BCUT2D eigenvalue weighted by molar-refractivity contribution is 5.94. The molecule has 1 rings (SSSR count). The number of carbonyl (C=O) groups is 1. The second-order valence-electron chi connectivity index (χ2n) is 6.18. The Balaban J connectivity index is 0.00000484. The SMILES string of the molecule is COCCOc1ccc(C(=O)NC(C)(CN)CC(C)C)cc1.Cl. The number of methoxy groups -OCH3 is 1. The molecule has 3 N–H and O–H groups in total. The lowest BCUT2D eigenvalue weighted by Crippen LogP contribution is -2.52. The second kappa shape index (κ2) is 10.5. The maximum absolute atomic E-state index is 12.3. The normalized spacial score (nSPS) is 13.1. The summed E-state index contributed by atoms with van der Waals surface area (Å²) in [4.78, 5) is 12.3. The molecule has 1 aromatic carbocycles. The highest BCUT2D eigenvalue weighted by Gasteiger charge is 2.26. The number of hydrogen-bond acceptors (Lipinski definition) is 4. The Hall–Kier alpha value is -1.30. The first-order chi connectivity index (χ1) is 10.4. The lowest BCUT2D eigenvalue weighted by atomic mass is 9.90. The largest absolute Gasteiger partial charge is 0.491 e. The molecule has 132 valence electrons. The third-order valence-electron chi connectivity index (χ3n) is 3.40. The third kappa shape index (κ3) is 7.68. The molecule has 0 aliphatic rings. The van der Waals surface area contributed by atoms with E-state index in [1.807, 2.05) is 6.92 Å². The minimum Gasteiger partial charge on any atom is -0.491 e. The molecule has 23 heavy (non-hydrogen) atoms. The van der Waals surface area contributed by atoms with E-state index in [-0.39, 0.29) is 23.9 Å². The van der Waals surface area contributed by atoms with E-state index >= 15 is 0 Å². The lowest BCUT2D eigenvalue weighted by Gasteiger charge is -2.31. The minimum absolute atomic E-state index is 0. The van der Waals surface area contributed by atoms with E-state index in [9.17, 15) is 4.79 Å². The van der Waals surface area contributed by atoms with Gasteiger partial charge >= 0.3 is 0 Å². The van der Waals surface area contributed by atoms with Crippen LogP contribution in [-0.2, 0) is 4.74 Å². The van der Waals surface area contributed by atoms with Gasteiger partial charge < -0.3 is 20.5 Å². The first-order valence-electron chi connectivity index (χ1n) is 7.64. The number of nitrogens with two attached hydrogens (primary N) is 1. The number of halogens is 1. The van der Waals surface area contributed by atoms with Crippen molar-refractivity contribution in [2.75, 3.05) is 26.9 Å². The van der Waals surface area contributed by atoms with Gasteiger partial charge in [-0.2, -0.15) is 0 Å². The standard InChI is InChI=1S/C17H28N2O3.ClH/c1-13(2)11-17(3,12-18)19-16(20)14-5-7-15(8-6-14)22-10-9-21-4;/h5-8,13H,9-12,18H2,1-4H3,(H,19,20);1H. The molecule has 1 unspecified atom stereocenters. The van der Waals surface area contributed by atoms with Crippen LogP contribution in [0.25, 0.3) is 0 Å². The number of nitrogens with one attached hydrogen (secondary N) is 1. The number of carbonyl (C=O) groups excluding carboxylic acids is 1. The minimum atomic E-state index is -0.390. The monoisotopic (exact) mass is 344 g/mol. The van der Waals surface area contributed by atoms with Crippen LogP contribution < -0.4 is 15.8 Å². The van der Waals surface area contributed by atoms with Gasteiger partial charge in [0.2, 0.25) is 0 Å². The van der Waals surface area contributed by atoms with Crippen molar-refractivity contribution in [2.45, 2.75) is 32.7 Å². The van der Waals surface area contributed by atoms with Crippen molar-refractivity contribution in [2.24, 2.45) is 11.7 Å². The predicted octanol–water partition coefficient (Wildman–Crippen LogP) is 2.63. The van der Waals surface area contributed by atoms with E-state index in [0.717, 1.165) is 12.2 Å². The van der Waals surface area contributed by atoms with Crippen LogP contribution in [-0.4, -0.2) is 38.3 Å². The summed E-state index contributed by atoms with van der Waals surface area (Å²) < 4.78 is 10.4. The Kier molecular flexibility index (Phi) is 9.88. The summed E-state index contributed by atoms with van der Waals surface area (Å²) in [6, 6.07) is 7.08. The summed E-state index contributed by atoms with van der Waals surface area (Å²) in [5.74, 6) is 1.07. The van der Waals surface area contributed by atoms with Crippen LogP contribution in [0.4, 0.5) is 0 Å². The maximum atomic E-state index is 12.3. The molecule has 5 nitrogen and oxygen atoms in total. The van der Waals surface area contributed by atoms with Crippen LogP contribution in [0, 0.1) is 5.92 Å². The van der Waals surface area contributed by atoms with Crippen molar-refractivity contribution >= 4 is 18.3 Å². The quantitative estimate of drug-likeness (QED) is 0.675. The summed E-state index contributed by atoms with van der Waals surface area (Å²) in [5.41, 5.74) is 6.04. The van der Waals surface area contributed by atoms with Gasteiger partial charge in [-0.1, -0.05) is 13.8 Å². The van der Waals surface area contributed by atoms with Crippen molar-refractivity contribution in [3.05, 3.63) is 29.8 Å². The summed E-state index contributed by atoms with van der Waals surface area (Å²) in [6.07, 6.45) is 0.841. The van der Waals surface area contributed by atoms with Crippen LogP contribution in [0.2, 0.25) is 0 Å². The topological polar surface area (TPSA) is 73.6 Å². The summed E-state index contributed by atoms with van der Waals surface area (Å²) in [5, 5.41) is 3.04. The fraction of sp³-hybridized carbons (Fsp3) is 0.588. The molecule has 0 aromatic heterocycles. The Labute approximate surface area is 145 Å². The molecular formula is C17H29ClN2O3. The van der Waals surface area contributed by atoms with Crippen molar-refractivity contribution in [3.8, 4) is 5.75 Å². The lowest BCUT2D eigenvalue weighted by molar-refractivity contribution is 0.0898. The molecule has 1 atom stereocenters. The third-order valence-corrected chi connectivity index (χ3v) is 3.40. The molecule has 0 bridgehead atoms. The van der Waals surface area contributed by atoms with E-state index in [1.165, 1.54) is 0 Å². The van der Waals surface area contributed by atoms with Crippen LogP contribution in [0.1, 0.15) is 37.6 Å². The number of rotatable bonds is 9. The molecule has 1 aromatic rings. The zero-order chi connectivity index (χ0) is 16.6. The van der Waals surface area contributed by atoms with Gasteiger partial charge in [0, 0.05) is 24.8 Å². The number of benzene rings is 1. The van der Waals surface area contributed by atoms with Crippen LogP contribution in [0.15, 0.2) is 24.3 Å². The predicted molar refractivity (Wildman–Crippen MR) is 95.4 cm³/mol. The molecule has 0 fully saturated rings. The van der Waals surface area contributed by atoms with E-state index in [0.29, 0.717) is 31.2 Å².